The van der Waals surface area contributed by atoms with Crippen LogP contribution in [0.15, 0.2) is 30.6 Å². The molecule has 3 N–H and O–H groups in total. The monoisotopic (exact) mass is 574 g/mol. The van der Waals surface area contributed by atoms with Crippen LogP contribution in [-0.2, 0) is 0 Å². The molecule has 4 heterocycles. The van der Waals surface area contributed by atoms with Gasteiger partial charge in [-0.2, -0.15) is 0 Å². The lowest BCUT2D eigenvalue weighted by Crippen LogP contribution is -2.71. The van der Waals surface area contributed by atoms with Crippen molar-refractivity contribution in [2.24, 2.45) is 5.41 Å². The minimum absolute atomic E-state index is 0.0588. The van der Waals surface area contributed by atoms with E-state index in [2.05, 4.69) is 20.5 Å². The van der Waals surface area contributed by atoms with Crippen LogP contribution in [0.1, 0.15) is 41.0 Å². The van der Waals surface area contributed by atoms with Crippen LogP contribution in [0.25, 0.3) is 0 Å². The van der Waals surface area contributed by atoms with Crippen molar-refractivity contribution < 1.29 is 9.13 Å². The van der Waals surface area contributed by atoms with E-state index in [0.29, 0.717) is 49.7 Å². The van der Waals surface area contributed by atoms with Crippen LogP contribution in [0.4, 0.5) is 15.9 Å². The fraction of sp³-hybridized carbons (Fsp3) is 0.370. The van der Waals surface area contributed by atoms with Crippen LogP contribution in [0, 0.1) is 30.5 Å². The second kappa shape index (κ2) is 10.2. The van der Waals surface area contributed by atoms with E-state index in [-0.39, 0.29) is 11.1 Å². The Morgan fingerprint density at radius 3 is 2.53 bits per heavy atom. The Morgan fingerprint density at radius 1 is 1.16 bits per heavy atom. The maximum atomic E-state index is 15.1. The molecule has 0 amide bonds. The number of aromatic nitrogens is 2. The van der Waals surface area contributed by atoms with Crippen molar-refractivity contribution >= 4 is 52.4 Å². The standard InChI is InChI=1S/C27H29Cl2FN6OS/c1-14-5-21(31)18(7-22(14)37-16(3)23-19(28)9-33-15(2)24(23)29)25(32)17-6-20(30)26(34-8-17)35-10-27(11-35)12-36(13-27)38-4/h5-9,16,32H,10-13,31H2,1-4H3/t16-/m1/s1. The van der Waals surface area contributed by atoms with E-state index in [9.17, 15) is 0 Å². The number of benzene rings is 1. The smallest absolute Gasteiger partial charge is 0.166 e. The average molecular weight is 576 g/mol. The molecule has 2 fully saturated rings. The van der Waals surface area contributed by atoms with Gasteiger partial charge in [0.25, 0.3) is 0 Å². The van der Waals surface area contributed by atoms with E-state index in [1.54, 1.807) is 37.2 Å². The molecule has 38 heavy (non-hydrogen) atoms. The van der Waals surface area contributed by atoms with E-state index in [1.165, 1.54) is 12.3 Å². The number of nitrogens with one attached hydrogen (secondary N) is 1. The number of pyridine rings is 2. The summed E-state index contributed by atoms with van der Waals surface area (Å²) in [6.45, 7) is 9.12. The molecule has 5 rings (SSSR count). The molecule has 11 heteroatoms. The quantitative estimate of drug-likeness (QED) is 0.201. The summed E-state index contributed by atoms with van der Waals surface area (Å²) >= 11 is 14.6. The fourth-order valence-electron chi connectivity index (χ4n) is 5.16. The number of nitrogens with two attached hydrogens (primary N) is 1. The Kier molecular flexibility index (Phi) is 7.24. The molecular formula is C27H29Cl2FN6OS. The summed E-state index contributed by atoms with van der Waals surface area (Å²) in [5, 5.41) is 9.64. The van der Waals surface area contributed by atoms with Crippen molar-refractivity contribution in [3.8, 4) is 5.75 Å². The van der Waals surface area contributed by atoms with Gasteiger partial charge in [-0.15, -0.1) is 0 Å². The van der Waals surface area contributed by atoms with Gasteiger partial charge in [0.05, 0.1) is 21.5 Å². The Morgan fingerprint density at radius 2 is 1.87 bits per heavy atom. The van der Waals surface area contributed by atoms with Crippen LogP contribution >= 0.6 is 35.1 Å². The van der Waals surface area contributed by atoms with Crippen LogP contribution in [-0.4, -0.2) is 52.4 Å². The van der Waals surface area contributed by atoms with Crippen LogP contribution in [0.2, 0.25) is 10.0 Å². The third-order valence-corrected chi connectivity index (χ3v) is 8.81. The number of rotatable bonds is 7. The highest BCUT2D eigenvalue weighted by Crippen LogP contribution is 2.44. The first kappa shape index (κ1) is 27.0. The SMILES string of the molecule is CSN1CC2(C1)CN(c1ncc(C(=N)c3cc(O[C@H](C)c4c(Cl)cnc(C)c4Cl)c(C)cc3N)cc1F)C2. The number of hydrogen-bond acceptors (Lipinski definition) is 8. The first-order valence-corrected chi connectivity index (χ1v) is 14.1. The molecule has 7 nitrogen and oxygen atoms in total. The summed E-state index contributed by atoms with van der Waals surface area (Å²) in [7, 11) is 0. The Bertz CT molecular complexity index is 1420. The Hall–Kier alpha value is -2.59. The number of aryl methyl sites for hydroxylation is 2. The maximum absolute atomic E-state index is 15.1. The number of ether oxygens (including phenoxy) is 1. The number of halogens is 3. The molecule has 0 aliphatic carbocycles. The van der Waals surface area contributed by atoms with Gasteiger partial charge in [0.15, 0.2) is 11.6 Å². The molecule has 3 aromatic rings. The van der Waals surface area contributed by atoms with E-state index in [4.69, 9.17) is 39.1 Å². The minimum Gasteiger partial charge on any atom is -0.486 e. The van der Waals surface area contributed by atoms with Gasteiger partial charge in [-0.3, -0.25) is 10.4 Å². The lowest BCUT2D eigenvalue weighted by atomic mass is 9.74. The summed E-state index contributed by atoms with van der Waals surface area (Å²) in [4.78, 5) is 10.5. The molecule has 1 spiro atoms. The molecule has 0 unspecified atom stereocenters. The van der Waals surface area contributed by atoms with Gasteiger partial charge in [-0.05, 0) is 50.8 Å². The highest BCUT2D eigenvalue weighted by atomic mass is 35.5. The van der Waals surface area contributed by atoms with Crippen molar-refractivity contribution in [2.75, 3.05) is 43.1 Å². The highest BCUT2D eigenvalue weighted by Gasteiger charge is 2.52. The minimum atomic E-state index is -0.488. The summed E-state index contributed by atoms with van der Waals surface area (Å²) in [5.74, 6) is 0.394. The van der Waals surface area contributed by atoms with Crippen molar-refractivity contribution in [1.82, 2.24) is 14.3 Å². The molecule has 1 atom stereocenters. The summed E-state index contributed by atoms with van der Waals surface area (Å²) < 4.78 is 23.7. The van der Waals surface area contributed by atoms with Gasteiger partial charge in [-0.25, -0.2) is 13.7 Å². The number of nitrogen functional groups attached to an aromatic ring is 1. The molecule has 2 aromatic heterocycles. The average Bonchev–Trinajstić information content (AvgIpc) is 2.82. The maximum Gasteiger partial charge on any atom is 0.166 e. The summed E-state index contributed by atoms with van der Waals surface area (Å²) in [5.41, 5.74) is 9.80. The zero-order valence-electron chi connectivity index (χ0n) is 21.6. The van der Waals surface area contributed by atoms with Gasteiger partial charge in [-0.1, -0.05) is 35.1 Å². The zero-order chi connectivity index (χ0) is 27.4. The van der Waals surface area contributed by atoms with Crippen molar-refractivity contribution in [1.29, 1.82) is 5.41 Å². The molecular weight excluding hydrogens is 546 g/mol. The number of hydrogen-bond donors (Lipinski definition) is 2. The molecule has 2 aliphatic rings. The summed E-state index contributed by atoms with van der Waals surface area (Å²) in [6.07, 6.45) is 4.66. The van der Waals surface area contributed by atoms with E-state index >= 15 is 4.39 Å². The molecule has 2 aliphatic heterocycles. The third-order valence-electron chi connectivity index (χ3n) is 7.25. The second-order valence-corrected chi connectivity index (χ2v) is 11.8. The van der Waals surface area contributed by atoms with Crippen molar-refractivity contribution in [3.63, 3.8) is 0 Å². The zero-order valence-corrected chi connectivity index (χ0v) is 23.9. The molecule has 0 bridgehead atoms. The highest BCUT2D eigenvalue weighted by molar-refractivity contribution is 7.96. The summed E-state index contributed by atoms with van der Waals surface area (Å²) in [6, 6.07) is 4.78. The van der Waals surface area contributed by atoms with Crippen LogP contribution in [0.5, 0.6) is 5.75 Å². The molecule has 1 aromatic carbocycles. The third kappa shape index (κ3) is 4.81. The Balaban J connectivity index is 1.35. The van der Waals surface area contributed by atoms with Gasteiger partial charge >= 0.3 is 0 Å². The first-order chi connectivity index (χ1) is 18.0. The van der Waals surface area contributed by atoms with E-state index < -0.39 is 11.9 Å². The first-order valence-electron chi connectivity index (χ1n) is 12.2. The molecule has 2 saturated heterocycles. The lowest BCUT2D eigenvalue weighted by Gasteiger charge is -2.59. The van der Waals surface area contributed by atoms with Gasteiger partial charge in [0, 0.05) is 66.4 Å². The number of anilines is 2. The van der Waals surface area contributed by atoms with Gasteiger partial charge in [0.1, 0.15) is 11.9 Å². The predicted octanol–water partition coefficient (Wildman–Crippen LogP) is 6.08. The predicted molar refractivity (Wildman–Crippen MR) is 153 cm³/mol. The van der Waals surface area contributed by atoms with E-state index in [1.807, 2.05) is 18.7 Å². The van der Waals surface area contributed by atoms with Gasteiger partial charge in [0.2, 0.25) is 0 Å². The molecule has 0 radical (unpaired) electrons. The Labute approximate surface area is 236 Å². The largest absolute Gasteiger partial charge is 0.486 e. The van der Waals surface area contributed by atoms with Crippen LogP contribution in [0.3, 0.4) is 0 Å². The molecule has 0 saturated carbocycles. The second-order valence-electron chi connectivity index (χ2n) is 10.1. The van der Waals surface area contributed by atoms with Gasteiger partial charge < -0.3 is 15.4 Å². The topological polar surface area (TPSA) is 91.4 Å². The molecule has 200 valence electrons. The van der Waals surface area contributed by atoms with E-state index in [0.717, 1.165) is 31.7 Å². The van der Waals surface area contributed by atoms with Crippen molar-refractivity contribution in [3.05, 3.63) is 74.4 Å². The van der Waals surface area contributed by atoms with Crippen LogP contribution < -0.4 is 15.4 Å². The normalized spacial score (nSPS) is 17.2. The van der Waals surface area contributed by atoms with Crippen molar-refractivity contribution in [2.45, 2.75) is 26.9 Å². The number of nitrogens with zero attached hydrogens (tertiary/aromatic N) is 4. The lowest BCUT2D eigenvalue weighted by molar-refractivity contribution is 0.0469. The fourth-order valence-corrected chi connectivity index (χ4v) is 6.61.